The lowest BCUT2D eigenvalue weighted by atomic mass is 10.2. The number of aromatic nitrogens is 3. The van der Waals surface area contributed by atoms with Crippen LogP contribution in [0.25, 0.3) is 11.4 Å². The lowest BCUT2D eigenvalue weighted by Gasteiger charge is -2.35. The Morgan fingerprint density at radius 1 is 1.00 bits per heavy atom. The van der Waals surface area contributed by atoms with E-state index in [0.29, 0.717) is 70.2 Å². The fraction of sp³-hybridized carbons (Fsp3) is 0.429. The van der Waals surface area contributed by atoms with E-state index >= 15 is 0 Å². The maximum absolute atomic E-state index is 12.1. The third-order valence-electron chi connectivity index (χ3n) is 5.19. The second-order valence-electron chi connectivity index (χ2n) is 7.22. The summed E-state index contributed by atoms with van der Waals surface area (Å²) in [4.78, 5) is 32.2. The van der Waals surface area contributed by atoms with Crippen LogP contribution in [-0.4, -0.2) is 83.3 Å². The van der Waals surface area contributed by atoms with Crippen molar-refractivity contribution in [3.8, 4) is 17.1 Å². The molecular weight excluding hydrogens is 384 g/mol. The van der Waals surface area contributed by atoms with Gasteiger partial charge in [-0.1, -0.05) is 18.2 Å². The van der Waals surface area contributed by atoms with Crippen LogP contribution in [0.15, 0.2) is 36.4 Å². The number of morpholine rings is 1. The highest BCUT2D eigenvalue weighted by Crippen LogP contribution is 2.25. The first kappa shape index (κ1) is 20.1. The summed E-state index contributed by atoms with van der Waals surface area (Å²) in [6.07, 6.45) is 3.35. The summed E-state index contributed by atoms with van der Waals surface area (Å²) >= 11 is 0. The number of nitrogens with zero attached hydrogens (tertiary/aromatic N) is 6. The number of anilines is 2. The van der Waals surface area contributed by atoms with Crippen molar-refractivity contribution in [1.82, 2.24) is 19.9 Å². The van der Waals surface area contributed by atoms with Crippen molar-refractivity contribution in [3.63, 3.8) is 0 Å². The molecule has 0 spiro atoms. The largest absolute Gasteiger partial charge is 0.508 e. The smallest absolute Gasteiger partial charge is 0.246 e. The van der Waals surface area contributed by atoms with Gasteiger partial charge in [0, 0.05) is 44.8 Å². The molecular formula is C21H26N6O3. The normalized spacial score (nSPS) is 17.6. The first-order valence-electron chi connectivity index (χ1n) is 10.2. The van der Waals surface area contributed by atoms with Crippen LogP contribution in [0.5, 0.6) is 5.75 Å². The third-order valence-corrected chi connectivity index (χ3v) is 5.19. The number of aromatic hydroxyl groups is 1. The fourth-order valence-corrected chi connectivity index (χ4v) is 3.55. The Morgan fingerprint density at radius 2 is 1.67 bits per heavy atom. The molecule has 2 aliphatic rings. The van der Waals surface area contributed by atoms with E-state index in [1.807, 2.05) is 17.9 Å². The molecule has 0 unspecified atom stereocenters. The second kappa shape index (κ2) is 9.08. The number of benzene rings is 1. The number of carbonyl (C=O) groups excluding carboxylic acids is 1. The van der Waals surface area contributed by atoms with Crippen molar-refractivity contribution in [2.45, 2.75) is 6.92 Å². The molecule has 2 saturated heterocycles. The molecule has 0 atom stereocenters. The maximum atomic E-state index is 12.1. The number of hydrogen-bond donors (Lipinski definition) is 1. The van der Waals surface area contributed by atoms with Gasteiger partial charge in [-0.2, -0.15) is 15.0 Å². The van der Waals surface area contributed by atoms with Gasteiger partial charge in [0.2, 0.25) is 17.8 Å². The maximum Gasteiger partial charge on any atom is 0.246 e. The van der Waals surface area contributed by atoms with Crippen LogP contribution in [0.3, 0.4) is 0 Å². The SMILES string of the molecule is CC=CC(=O)N1CCN(c2nc(-c3cccc(O)c3)nc(N3CCOCC3)n2)CC1. The number of rotatable bonds is 4. The van der Waals surface area contributed by atoms with Gasteiger partial charge >= 0.3 is 0 Å². The second-order valence-corrected chi connectivity index (χ2v) is 7.22. The van der Waals surface area contributed by atoms with E-state index in [-0.39, 0.29) is 11.7 Å². The highest BCUT2D eigenvalue weighted by Gasteiger charge is 2.24. The molecule has 1 N–H and O–H groups in total. The van der Waals surface area contributed by atoms with Crippen LogP contribution in [0, 0.1) is 0 Å². The predicted molar refractivity (Wildman–Crippen MR) is 114 cm³/mol. The molecule has 2 aliphatic heterocycles. The number of phenols is 1. The summed E-state index contributed by atoms with van der Waals surface area (Å²) in [6, 6.07) is 6.91. The zero-order valence-electron chi connectivity index (χ0n) is 17.1. The molecule has 2 fully saturated rings. The minimum absolute atomic E-state index is 0.0299. The number of carbonyl (C=O) groups is 1. The Hall–Kier alpha value is -3.20. The summed E-state index contributed by atoms with van der Waals surface area (Å²) in [6.45, 7) is 7.07. The lowest BCUT2D eigenvalue weighted by Crippen LogP contribution is -2.49. The molecule has 0 bridgehead atoms. The van der Waals surface area contributed by atoms with Crippen LogP contribution >= 0.6 is 0 Å². The lowest BCUT2D eigenvalue weighted by molar-refractivity contribution is -0.126. The number of allylic oxidation sites excluding steroid dienone is 1. The van der Waals surface area contributed by atoms with Crippen LogP contribution in [0.4, 0.5) is 11.9 Å². The molecule has 4 rings (SSSR count). The molecule has 9 heteroatoms. The van der Waals surface area contributed by atoms with E-state index in [2.05, 4.69) is 19.8 Å². The van der Waals surface area contributed by atoms with Crippen LogP contribution in [0.2, 0.25) is 0 Å². The molecule has 1 aromatic heterocycles. The van der Waals surface area contributed by atoms with E-state index in [1.165, 1.54) is 0 Å². The van der Waals surface area contributed by atoms with E-state index in [0.717, 1.165) is 5.56 Å². The first-order valence-corrected chi connectivity index (χ1v) is 10.2. The molecule has 0 saturated carbocycles. The number of phenolic OH excluding ortho intramolecular Hbond substituents is 1. The molecule has 3 heterocycles. The van der Waals surface area contributed by atoms with Crippen LogP contribution in [0.1, 0.15) is 6.92 Å². The van der Waals surface area contributed by atoms with Gasteiger partial charge in [0.15, 0.2) is 5.82 Å². The van der Waals surface area contributed by atoms with Crippen LogP contribution in [-0.2, 0) is 9.53 Å². The highest BCUT2D eigenvalue weighted by atomic mass is 16.5. The highest BCUT2D eigenvalue weighted by molar-refractivity contribution is 5.87. The van der Waals surface area contributed by atoms with Gasteiger partial charge in [-0.3, -0.25) is 4.79 Å². The van der Waals surface area contributed by atoms with Crippen molar-refractivity contribution in [3.05, 3.63) is 36.4 Å². The summed E-state index contributed by atoms with van der Waals surface area (Å²) < 4.78 is 5.45. The van der Waals surface area contributed by atoms with E-state index < -0.39 is 0 Å². The van der Waals surface area contributed by atoms with Crippen molar-refractivity contribution >= 4 is 17.8 Å². The Kier molecular flexibility index (Phi) is 6.08. The Bertz CT molecular complexity index is 921. The zero-order valence-corrected chi connectivity index (χ0v) is 17.1. The Morgan fingerprint density at radius 3 is 2.30 bits per heavy atom. The fourth-order valence-electron chi connectivity index (χ4n) is 3.55. The monoisotopic (exact) mass is 410 g/mol. The van der Waals surface area contributed by atoms with Crippen molar-refractivity contribution in [1.29, 1.82) is 0 Å². The van der Waals surface area contributed by atoms with Gasteiger partial charge in [-0.15, -0.1) is 0 Å². The number of ether oxygens (including phenoxy) is 1. The Balaban J connectivity index is 1.62. The van der Waals surface area contributed by atoms with Gasteiger partial charge < -0.3 is 24.5 Å². The summed E-state index contributed by atoms with van der Waals surface area (Å²) in [7, 11) is 0. The minimum Gasteiger partial charge on any atom is -0.508 e. The zero-order chi connectivity index (χ0) is 20.9. The standard InChI is InChI=1S/C21H26N6O3/c1-2-4-18(29)25-7-9-26(10-8-25)20-22-19(16-5-3-6-17(28)15-16)23-21(24-20)27-11-13-30-14-12-27/h2-6,15,28H,7-14H2,1H3. The van der Waals surface area contributed by atoms with Gasteiger partial charge in [-0.25, -0.2) is 0 Å². The van der Waals surface area contributed by atoms with E-state index in [9.17, 15) is 9.90 Å². The topological polar surface area (TPSA) is 94.9 Å². The first-order chi connectivity index (χ1) is 14.6. The molecule has 1 aromatic carbocycles. The summed E-state index contributed by atoms with van der Waals surface area (Å²) in [5.41, 5.74) is 0.732. The van der Waals surface area contributed by atoms with Crippen LogP contribution < -0.4 is 9.80 Å². The number of amides is 1. The average Bonchev–Trinajstić information content (AvgIpc) is 2.79. The third kappa shape index (κ3) is 4.51. The molecule has 158 valence electrons. The Labute approximate surface area is 175 Å². The summed E-state index contributed by atoms with van der Waals surface area (Å²) in [5.74, 6) is 1.91. The van der Waals surface area contributed by atoms with E-state index in [4.69, 9.17) is 9.72 Å². The average molecular weight is 410 g/mol. The van der Waals surface area contributed by atoms with Crippen molar-refractivity contribution in [2.75, 3.05) is 62.3 Å². The molecule has 30 heavy (non-hydrogen) atoms. The van der Waals surface area contributed by atoms with Gasteiger partial charge in [0.25, 0.3) is 0 Å². The van der Waals surface area contributed by atoms with Crippen molar-refractivity contribution < 1.29 is 14.6 Å². The quantitative estimate of drug-likeness (QED) is 0.754. The molecule has 0 radical (unpaired) electrons. The number of piperazine rings is 1. The van der Waals surface area contributed by atoms with Crippen molar-refractivity contribution in [2.24, 2.45) is 0 Å². The summed E-state index contributed by atoms with van der Waals surface area (Å²) in [5, 5.41) is 9.88. The van der Waals surface area contributed by atoms with E-state index in [1.54, 1.807) is 30.4 Å². The van der Waals surface area contributed by atoms with Gasteiger partial charge in [0.1, 0.15) is 5.75 Å². The predicted octanol–water partition coefficient (Wildman–Crippen LogP) is 1.31. The minimum atomic E-state index is 0.0299. The number of hydrogen-bond acceptors (Lipinski definition) is 8. The molecule has 2 aromatic rings. The van der Waals surface area contributed by atoms with Gasteiger partial charge in [-0.05, 0) is 25.1 Å². The van der Waals surface area contributed by atoms with Gasteiger partial charge in [0.05, 0.1) is 13.2 Å². The molecule has 0 aliphatic carbocycles. The molecule has 1 amide bonds. The molecule has 9 nitrogen and oxygen atoms in total.